The van der Waals surface area contributed by atoms with E-state index in [1.807, 2.05) is 26.0 Å². The number of H-pyrrole nitrogens is 1. The second-order valence-electron chi connectivity index (χ2n) is 5.80. The number of carbonyl (C=O) groups is 1. The summed E-state index contributed by atoms with van der Waals surface area (Å²) in [6, 6.07) is 3.79. The first-order valence-corrected chi connectivity index (χ1v) is 9.35. The first-order valence-electron chi connectivity index (χ1n) is 8.53. The van der Waals surface area contributed by atoms with E-state index in [9.17, 15) is 9.90 Å². The summed E-state index contributed by atoms with van der Waals surface area (Å²) in [7, 11) is 0. The summed E-state index contributed by atoms with van der Waals surface area (Å²) in [4.78, 5) is 29.0. The topological polar surface area (TPSA) is 104 Å². The predicted octanol–water partition coefficient (Wildman–Crippen LogP) is 3.06. The third-order valence-electron chi connectivity index (χ3n) is 4.04. The number of aliphatic hydroxyl groups is 1. The lowest BCUT2D eigenvalue weighted by atomic mass is 10.1. The molecule has 0 aliphatic heterocycles. The largest absolute Gasteiger partial charge is 0.391 e. The molecule has 0 saturated heterocycles. The third kappa shape index (κ3) is 3.86. The Hall–Kier alpha value is -2.45. The standard InChI is InChI=1S/C18H21N5O2S/c1-3-11(25)8-20-16-15-13(10-24)14(4-2)21-17(15)23-18(22-16)26-12-6-5-7-19-9-12/h5-7,9-11,25H,3-4,8H2,1-2H3,(H2,20,21,22,23). The summed E-state index contributed by atoms with van der Waals surface area (Å²) in [6.07, 6.45) is 5.12. The van der Waals surface area contributed by atoms with E-state index >= 15 is 0 Å². The van der Waals surface area contributed by atoms with Crippen LogP contribution in [0.3, 0.4) is 0 Å². The first-order chi connectivity index (χ1) is 12.7. The van der Waals surface area contributed by atoms with Gasteiger partial charge in [-0.05, 0) is 36.7 Å². The minimum atomic E-state index is -0.487. The van der Waals surface area contributed by atoms with Gasteiger partial charge in [0.15, 0.2) is 11.4 Å². The highest BCUT2D eigenvalue weighted by Gasteiger charge is 2.18. The summed E-state index contributed by atoms with van der Waals surface area (Å²) >= 11 is 1.39. The Morgan fingerprint density at radius 3 is 2.88 bits per heavy atom. The van der Waals surface area contributed by atoms with Gasteiger partial charge in [-0.2, -0.15) is 0 Å². The van der Waals surface area contributed by atoms with Gasteiger partial charge in [0.25, 0.3) is 0 Å². The quantitative estimate of drug-likeness (QED) is 0.413. The highest BCUT2D eigenvalue weighted by Crippen LogP contribution is 2.31. The average Bonchev–Trinajstić information content (AvgIpc) is 3.04. The summed E-state index contributed by atoms with van der Waals surface area (Å²) in [5, 5.41) is 14.2. The molecule has 7 nitrogen and oxygen atoms in total. The van der Waals surface area contributed by atoms with Gasteiger partial charge in [0.05, 0.1) is 11.5 Å². The van der Waals surface area contributed by atoms with Gasteiger partial charge in [-0.1, -0.05) is 13.8 Å². The van der Waals surface area contributed by atoms with Crippen molar-refractivity contribution in [3.05, 3.63) is 35.8 Å². The van der Waals surface area contributed by atoms with Crippen LogP contribution in [0, 0.1) is 0 Å². The number of aromatic amines is 1. The number of rotatable bonds is 8. The number of nitrogens with zero attached hydrogens (tertiary/aromatic N) is 3. The molecule has 1 atom stereocenters. The molecule has 1 unspecified atom stereocenters. The van der Waals surface area contributed by atoms with Crippen LogP contribution in [0.15, 0.2) is 34.6 Å². The first kappa shape index (κ1) is 18.3. The SMILES string of the molecule is CCc1[nH]c2nc(Sc3cccnc3)nc(NCC(O)CC)c2c1C=O. The van der Waals surface area contributed by atoms with Crippen molar-refractivity contribution in [3.8, 4) is 0 Å². The predicted molar refractivity (Wildman–Crippen MR) is 102 cm³/mol. The molecule has 0 aliphatic rings. The van der Waals surface area contributed by atoms with Crippen molar-refractivity contribution in [2.45, 2.75) is 42.8 Å². The minimum absolute atomic E-state index is 0.352. The van der Waals surface area contributed by atoms with E-state index in [2.05, 4.69) is 25.3 Å². The molecule has 3 heterocycles. The van der Waals surface area contributed by atoms with Gasteiger partial charge in [-0.15, -0.1) is 0 Å². The molecule has 0 amide bonds. The van der Waals surface area contributed by atoms with Crippen LogP contribution in [0.4, 0.5) is 5.82 Å². The number of carbonyl (C=O) groups excluding carboxylic acids is 1. The molecule has 26 heavy (non-hydrogen) atoms. The van der Waals surface area contributed by atoms with E-state index in [4.69, 9.17) is 0 Å². The third-order valence-corrected chi connectivity index (χ3v) is 4.89. The lowest BCUT2D eigenvalue weighted by Gasteiger charge is -2.12. The molecule has 0 aromatic carbocycles. The second-order valence-corrected chi connectivity index (χ2v) is 6.84. The highest BCUT2D eigenvalue weighted by atomic mass is 32.2. The Labute approximate surface area is 155 Å². The number of fused-ring (bicyclic) bond motifs is 1. The minimum Gasteiger partial charge on any atom is -0.391 e. The lowest BCUT2D eigenvalue weighted by Crippen LogP contribution is -2.19. The van der Waals surface area contributed by atoms with Gasteiger partial charge in [0.2, 0.25) is 0 Å². The summed E-state index contributed by atoms with van der Waals surface area (Å²) in [5.74, 6) is 0.548. The van der Waals surface area contributed by atoms with Gasteiger partial charge in [-0.3, -0.25) is 9.78 Å². The van der Waals surface area contributed by atoms with Gasteiger partial charge in [-0.25, -0.2) is 9.97 Å². The van der Waals surface area contributed by atoms with Gasteiger partial charge < -0.3 is 15.4 Å². The zero-order chi connectivity index (χ0) is 18.5. The van der Waals surface area contributed by atoms with Crippen molar-refractivity contribution in [3.63, 3.8) is 0 Å². The Bertz CT molecular complexity index is 897. The maximum Gasteiger partial charge on any atom is 0.196 e. The molecular weight excluding hydrogens is 350 g/mol. The number of aldehydes is 1. The molecule has 0 radical (unpaired) electrons. The Morgan fingerprint density at radius 2 is 2.23 bits per heavy atom. The zero-order valence-corrected chi connectivity index (χ0v) is 15.5. The molecule has 0 saturated carbocycles. The molecule has 3 N–H and O–H groups in total. The van der Waals surface area contributed by atoms with Crippen molar-refractivity contribution >= 4 is 34.9 Å². The Balaban J connectivity index is 2.05. The number of anilines is 1. The molecule has 3 aromatic heterocycles. The van der Waals surface area contributed by atoms with Gasteiger partial charge in [0, 0.05) is 35.1 Å². The van der Waals surface area contributed by atoms with Crippen LogP contribution < -0.4 is 5.32 Å². The van der Waals surface area contributed by atoms with Crippen LogP contribution in [0.1, 0.15) is 36.3 Å². The maximum atomic E-state index is 11.6. The molecule has 0 bridgehead atoms. The zero-order valence-electron chi connectivity index (χ0n) is 14.7. The summed E-state index contributed by atoms with van der Waals surface area (Å²) < 4.78 is 0. The van der Waals surface area contributed by atoms with Crippen LogP contribution in [0.25, 0.3) is 11.0 Å². The second kappa shape index (κ2) is 8.29. The van der Waals surface area contributed by atoms with Crippen LogP contribution in [-0.4, -0.2) is 44.0 Å². The highest BCUT2D eigenvalue weighted by molar-refractivity contribution is 7.99. The lowest BCUT2D eigenvalue weighted by molar-refractivity contribution is 0.112. The van der Waals surface area contributed by atoms with Gasteiger partial charge >= 0.3 is 0 Å². The number of pyridine rings is 1. The van der Waals surface area contributed by atoms with Crippen LogP contribution in [-0.2, 0) is 6.42 Å². The number of aromatic nitrogens is 4. The van der Waals surface area contributed by atoms with Crippen molar-refractivity contribution in [2.75, 3.05) is 11.9 Å². The van der Waals surface area contributed by atoms with Gasteiger partial charge in [0.1, 0.15) is 11.5 Å². The Kier molecular flexibility index (Phi) is 5.85. The molecule has 3 rings (SSSR count). The fraction of sp³-hybridized carbons (Fsp3) is 0.333. The van der Waals surface area contributed by atoms with Crippen LogP contribution in [0.2, 0.25) is 0 Å². The number of aliphatic hydroxyl groups excluding tert-OH is 1. The monoisotopic (exact) mass is 371 g/mol. The molecule has 0 spiro atoms. The van der Waals surface area contributed by atoms with Crippen molar-refractivity contribution in [2.24, 2.45) is 0 Å². The van der Waals surface area contributed by atoms with Crippen molar-refractivity contribution in [1.82, 2.24) is 19.9 Å². The molecule has 8 heteroatoms. The van der Waals surface area contributed by atoms with Crippen molar-refractivity contribution < 1.29 is 9.90 Å². The maximum absolute atomic E-state index is 11.6. The number of hydrogen-bond acceptors (Lipinski definition) is 7. The fourth-order valence-electron chi connectivity index (χ4n) is 2.60. The van der Waals surface area contributed by atoms with E-state index in [-0.39, 0.29) is 0 Å². The number of aryl methyl sites for hydroxylation is 1. The Morgan fingerprint density at radius 1 is 1.38 bits per heavy atom. The van der Waals surface area contributed by atoms with Crippen LogP contribution in [0.5, 0.6) is 0 Å². The van der Waals surface area contributed by atoms with E-state index in [0.717, 1.165) is 16.9 Å². The average molecular weight is 371 g/mol. The summed E-state index contributed by atoms with van der Waals surface area (Å²) in [6.45, 7) is 4.24. The van der Waals surface area contributed by atoms with E-state index in [1.165, 1.54) is 11.8 Å². The molecule has 0 aliphatic carbocycles. The normalized spacial score (nSPS) is 12.3. The van der Waals surface area contributed by atoms with E-state index in [1.54, 1.807) is 12.4 Å². The number of hydrogen-bond donors (Lipinski definition) is 3. The van der Waals surface area contributed by atoms with Crippen molar-refractivity contribution in [1.29, 1.82) is 0 Å². The number of nitrogens with one attached hydrogen (secondary N) is 2. The summed E-state index contributed by atoms with van der Waals surface area (Å²) in [5.41, 5.74) is 2.00. The fourth-order valence-corrected chi connectivity index (χ4v) is 3.35. The molecule has 136 valence electrons. The molecule has 0 fully saturated rings. The van der Waals surface area contributed by atoms with E-state index < -0.39 is 6.10 Å². The molecular formula is C18H21N5O2S. The van der Waals surface area contributed by atoms with Crippen LogP contribution >= 0.6 is 11.8 Å². The van der Waals surface area contributed by atoms with E-state index in [0.29, 0.717) is 47.0 Å². The smallest absolute Gasteiger partial charge is 0.196 e. The molecule has 3 aromatic rings.